The Bertz CT molecular complexity index is 3600. The second-order valence-electron chi connectivity index (χ2n) is 23.0. The van der Waals surface area contributed by atoms with Crippen LogP contribution < -0.4 is 34.7 Å². The van der Waals surface area contributed by atoms with E-state index in [9.17, 15) is 50.1 Å². The topological polar surface area (TPSA) is 316 Å². The Hall–Kier alpha value is -7.57. The lowest BCUT2D eigenvalue weighted by molar-refractivity contribution is -0.377. The summed E-state index contributed by atoms with van der Waals surface area (Å²) in [6, 6.07) is 16.5. The summed E-state index contributed by atoms with van der Waals surface area (Å²) in [7, 11) is 0. The number of carbonyl (C=O) groups is 3. The molecule has 2 aromatic heterocycles. The molecule has 10 heterocycles. The van der Waals surface area contributed by atoms with Gasteiger partial charge in [0.1, 0.15) is 61.1 Å². The number of aliphatic hydroxyl groups excluding tert-OH is 5. The van der Waals surface area contributed by atoms with Crippen molar-refractivity contribution < 1.29 is 83.3 Å². The zero-order valence-electron chi connectivity index (χ0n) is 43.4. The number of hydrogen-bond acceptors (Lipinski definition) is 18. The molecule has 10 aliphatic rings. The van der Waals surface area contributed by atoms with E-state index >= 15 is 0 Å². The summed E-state index contributed by atoms with van der Waals surface area (Å²) in [5.41, 5.74) is 3.67. The third kappa shape index (κ3) is 7.39. The van der Waals surface area contributed by atoms with E-state index in [4.69, 9.17) is 38.9 Å². The number of esters is 1. The Morgan fingerprint density at radius 3 is 2.58 bits per heavy atom. The van der Waals surface area contributed by atoms with E-state index in [-0.39, 0.29) is 67.8 Å². The number of H-pyrrole nitrogens is 1. The number of carbonyl (C=O) groups excluding carboxylic acids is 2. The van der Waals surface area contributed by atoms with Crippen LogP contribution in [0.4, 0.5) is 0 Å². The largest absolute Gasteiger partial charge is 0.487 e. The minimum atomic E-state index is -2.52. The lowest BCUT2D eigenvalue weighted by Gasteiger charge is -2.59. The highest BCUT2D eigenvalue weighted by molar-refractivity contribution is 5.97. The van der Waals surface area contributed by atoms with Crippen LogP contribution in [0, 0.1) is 52.3 Å². The number of carboxylic acids is 1. The number of nitrogens with zero attached hydrogens (tertiary/aromatic N) is 1. The molecule has 2 aliphatic carbocycles. The number of aliphatic carboxylic acids is 1. The van der Waals surface area contributed by atoms with Gasteiger partial charge >= 0.3 is 11.9 Å². The van der Waals surface area contributed by atoms with Gasteiger partial charge in [0.15, 0.2) is 35.6 Å². The van der Waals surface area contributed by atoms with Crippen molar-refractivity contribution in [1.82, 2.24) is 14.9 Å². The maximum atomic E-state index is 14.2. The molecule has 81 heavy (non-hydrogen) atoms. The number of carboxylic acid groups (broad SMARTS) is 1. The molecule has 420 valence electrons. The summed E-state index contributed by atoms with van der Waals surface area (Å²) in [4.78, 5) is 43.5. The zero-order chi connectivity index (χ0) is 55.9. The molecule has 11 N–H and O–H groups in total. The van der Waals surface area contributed by atoms with Crippen molar-refractivity contribution >= 4 is 29.1 Å². The van der Waals surface area contributed by atoms with Crippen molar-refractivity contribution in [2.75, 3.05) is 13.4 Å². The molecule has 15 rings (SSSR count). The Labute approximate surface area is 462 Å². The lowest BCUT2D eigenvalue weighted by Crippen LogP contribution is -2.80. The van der Waals surface area contributed by atoms with Crippen LogP contribution in [0.2, 0.25) is 0 Å². The van der Waals surface area contributed by atoms with E-state index in [1.807, 2.05) is 53.2 Å². The molecular weight excluding hydrogens is 1050 g/mol. The molecule has 0 amide bonds. The number of aromatic nitrogens is 2. The van der Waals surface area contributed by atoms with Crippen LogP contribution in [0.15, 0.2) is 79.3 Å². The molecule has 9 bridgehead atoms. The van der Waals surface area contributed by atoms with Crippen LogP contribution in [-0.2, 0) is 43.4 Å². The summed E-state index contributed by atoms with van der Waals surface area (Å²) < 4.78 is 48.8. The first-order valence-electron chi connectivity index (χ1n) is 27.2. The Kier molecular flexibility index (Phi) is 11.9. The van der Waals surface area contributed by atoms with Gasteiger partial charge in [-0.25, -0.2) is 0 Å². The monoisotopic (exact) mass is 1110 g/mol. The second kappa shape index (κ2) is 18.7. The number of fused-ring (bicyclic) bond motifs is 8. The summed E-state index contributed by atoms with van der Waals surface area (Å²) in [6.45, 7) is -1.34. The Morgan fingerprint density at radius 1 is 0.951 bits per heavy atom. The highest BCUT2D eigenvalue weighted by Gasteiger charge is 2.75. The third-order valence-electron chi connectivity index (χ3n) is 19.2. The summed E-state index contributed by atoms with van der Waals surface area (Å²) in [5.74, 6) is 5.04. The smallest absolute Gasteiger partial charge is 0.333 e. The predicted octanol–water partition coefficient (Wildman–Crippen LogP) is 2.25. The number of nitrogens with two attached hydrogens (primary N) is 1. The first-order valence-corrected chi connectivity index (χ1v) is 27.2. The summed E-state index contributed by atoms with van der Waals surface area (Å²) in [6.07, 6.45) is -4.11. The minimum Gasteiger partial charge on any atom is -0.487 e. The number of aromatic amines is 1. The molecule has 3 fully saturated rings. The fraction of sp³-hybridized carbons (Fsp3) is 0.450. The van der Waals surface area contributed by atoms with Gasteiger partial charge < -0.3 is 94.3 Å². The zero-order valence-corrected chi connectivity index (χ0v) is 43.4. The average molecular weight is 1110 g/mol. The number of aldehydes is 1. The molecule has 3 aromatic carbocycles. The van der Waals surface area contributed by atoms with E-state index in [1.165, 1.54) is 12.3 Å². The molecular formula is C60H58N4O17. The molecule has 2 saturated carbocycles. The van der Waals surface area contributed by atoms with Crippen molar-refractivity contribution in [3.05, 3.63) is 113 Å². The third-order valence-corrected chi connectivity index (χ3v) is 19.2. The number of benzene rings is 3. The normalized spacial score (nSPS) is 37.1. The van der Waals surface area contributed by atoms with E-state index in [0.717, 1.165) is 17.2 Å². The van der Waals surface area contributed by atoms with Crippen molar-refractivity contribution in [2.24, 2.45) is 34.3 Å². The van der Waals surface area contributed by atoms with Gasteiger partial charge in [0.2, 0.25) is 18.0 Å². The van der Waals surface area contributed by atoms with Gasteiger partial charge in [0, 0.05) is 64.3 Å². The van der Waals surface area contributed by atoms with Gasteiger partial charge in [-0.1, -0.05) is 60.1 Å². The van der Waals surface area contributed by atoms with Crippen molar-refractivity contribution in [3.8, 4) is 52.4 Å². The van der Waals surface area contributed by atoms with Crippen LogP contribution >= 0.6 is 0 Å². The van der Waals surface area contributed by atoms with Gasteiger partial charge in [-0.2, -0.15) is 0 Å². The van der Waals surface area contributed by atoms with Crippen molar-refractivity contribution in [3.63, 3.8) is 0 Å². The van der Waals surface area contributed by atoms with E-state index in [1.54, 1.807) is 18.3 Å². The molecule has 3 spiro atoms. The highest BCUT2D eigenvalue weighted by Crippen LogP contribution is 2.70. The quantitative estimate of drug-likeness (QED) is 0.0350. The van der Waals surface area contributed by atoms with E-state index < -0.39 is 119 Å². The summed E-state index contributed by atoms with van der Waals surface area (Å²) >= 11 is 0. The first-order chi connectivity index (χ1) is 39.2. The Balaban J connectivity index is 1.04. The standard InChI is InChI=1S/C60H58N4O17/c61-53-52-59(17-19-63-53)50(69)51(70)60(74)56(81-59)78-41-20-42-43(49-44-34-9-11-40(76-28-67)48(47(34)79-49)75-26-32(68)6-7-33(46(44)77-42)29-4-2-1-3-5-29)37(23-64-22-30-13-18-62-45(30)39(64)25-66)36(41)21-58(60)16-15-57(27-58)14-12-31(24-65)38(57)10-8-35(54(71)72)55(73)80-52/h1-5,9,11,13,17-20,22,24,31-33,35,38,44,46,49-53,56,62-63,66-70,74H,12,14-16,21,23,25-28,61H2,(H,71,72)/t31-,32+,33-,35+,38-,44+,46-,49-,50-,51-,52-,53+,56+,57+,58-,59-,60+/m0/s1. The fourth-order valence-electron chi connectivity index (χ4n) is 15.4. The summed E-state index contributed by atoms with van der Waals surface area (Å²) in [5, 5.41) is 86.8. The van der Waals surface area contributed by atoms with Gasteiger partial charge in [0.05, 0.1) is 29.7 Å². The molecule has 21 nitrogen and oxygen atoms in total. The lowest BCUT2D eigenvalue weighted by atomic mass is 9.58. The molecule has 0 unspecified atom stereocenters. The number of hydrogen-bond donors (Lipinski definition) is 10. The maximum absolute atomic E-state index is 14.2. The predicted molar refractivity (Wildman–Crippen MR) is 280 cm³/mol. The minimum absolute atomic E-state index is 0.0278. The van der Waals surface area contributed by atoms with Crippen LogP contribution in [0.1, 0.15) is 83.6 Å². The molecule has 5 aromatic rings. The van der Waals surface area contributed by atoms with Crippen molar-refractivity contribution in [2.45, 2.75) is 124 Å². The van der Waals surface area contributed by atoms with Gasteiger partial charge in [0.25, 0.3) is 0 Å². The molecule has 21 heteroatoms. The van der Waals surface area contributed by atoms with Gasteiger partial charge in [-0.05, 0) is 79.5 Å². The second-order valence-corrected chi connectivity index (χ2v) is 23.0. The van der Waals surface area contributed by atoms with Gasteiger partial charge in [-0.3, -0.25) is 9.59 Å². The van der Waals surface area contributed by atoms with Crippen LogP contribution in [0.3, 0.4) is 0 Å². The number of aliphatic hydroxyl groups is 6. The first kappa shape index (κ1) is 51.6. The Morgan fingerprint density at radius 2 is 1.79 bits per heavy atom. The van der Waals surface area contributed by atoms with Crippen LogP contribution in [-0.4, -0.2) is 131 Å². The van der Waals surface area contributed by atoms with E-state index in [0.29, 0.717) is 52.7 Å². The maximum Gasteiger partial charge on any atom is 0.333 e. The molecule has 17 atom stereocenters. The van der Waals surface area contributed by atoms with Crippen LogP contribution in [0.5, 0.6) is 28.7 Å². The van der Waals surface area contributed by atoms with E-state index in [2.05, 4.69) is 34.0 Å². The number of rotatable bonds is 8. The molecule has 0 radical (unpaired) electrons. The highest BCUT2D eigenvalue weighted by atomic mass is 16.7. The van der Waals surface area contributed by atoms with Crippen molar-refractivity contribution in [1.29, 1.82) is 0 Å². The number of nitrogens with one attached hydrogen (secondary N) is 2. The SMILES string of the molecule is N[C@@H]1NC=C[C@@]23O[C@H]4Oc5cc6c(c(Cn7cc8cc[nH]c8c7CO)c5C[C@]5(CC[C@]7(CC[C@@H](C=O)[C@@H]7C#C[C@H](C(=O)O)C(=O)O[C@@H]12)C5)[C@@]4(O)[C@@H](O)[C@@H]3O)[C@@H]1Oc2c3ccc(OCO)c2OC[C@H](O)C#C[C@@H](c2ccccc2)[C@H](O6)[C@@H]31. The molecule has 1 saturated heterocycles. The molecule has 8 aliphatic heterocycles. The van der Waals surface area contributed by atoms with Crippen LogP contribution in [0.25, 0.3) is 10.9 Å². The average Bonchev–Trinajstić information content (AvgIpc) is 4.08. The van der Waals surface area contributed by atoms with Gasteiger partial charge in [-0.15, -0.1) is 0 Å². The number of ether oxygens (including phenoxy) is 7. The fourth-order valence-corrected chi connectivity index (χ4v) is 15.4.